The Morgan fingerprint density at radius 3 is 2.76 bits per heavy atom. The second-order valence-electron chi connectivity index (χ2n) is 3.61. The lowest BCUT2D eigenvalue weighted by molar-refractivity contribution is 0.0501. The highest BCUT2D eigenvalue weighted by Crippen LogP contribution is 2.31. The zero-order valence-corrected chi connectivity index (χ0v) is 9.64. The molecule has 0 spiro atoms. The average molecular weight is 235 g/mol. The summed E-state index contributed by atoms with van der Waals surface area (Å²) in [5.41, 5.74) is 0.205. The molecule has 1 aromatic carbocycles. The number of hydrogen-bond donors (Lipinski definition) is 1. The maximum Gasteiger partial charge on any atom is 0.296 e. The molecule has 0 radical (unpaired) electrons. The van der Waals surface area contributed by atoms with Gasteiger partial charge in [-0.3, -0.25) is 4.79 Å². The number of pyridine rings is 1. The highest BCUT2D eigenvalue weighted by molar-refractivity contribution is 5.87. The average Bonchev–Trinajstić information content (AvgIpc) is 2.36. The monoisotopic (exact) mass is 235 g/mol. The molecule has 0 aliphatic rings. The summed E-state index contributed by atoms with van der Waals surface area (Å²) in [5.74, 6) is -0.242. The lowest BCUT2D eigenvalue weighted by atomic mass is 10.2. The molecule has 0 aliphatic heterocycles. The maximum absolute atomic E-state index is 11.8. The van der Waals surface area contributed by atoms with E-state index in [1.165, 1.54) is 11.7 Å². The van der Waals surface area contributed by atoms with Gasteiger partial charge < -0.3 is 19.1 Å². The van der Waals surface area contributed by atoms with Gasteiger partial charge in [0.1, 0.15) is 0 Å². The summed E-state index contributed by atoms with van der Waals surface area (Å²) >= 11 is 0. The van der Waals surface area contributed by atoms with Crippen molar-refractivity contribution >= 4 is 10.9 Å². The molecular formula is C12H13NO4. The molecule has 5 nitrogen and oxygen atoms in total. The highest BCUT2D eigenvalue weighted by atomic mass is 16.7. The van der Waals surface area contributed by atoms with Gasteiger partial charge >= 0.3 is 0 Å². The molecule has 0 unspecified atom stereocenters. The molecule has 90 valence electrons. The first kappa shape index (κ1) is 11.5. The molecule has 1 N–H and O–H groups in total. The van der Waals surface area contributed by atoms with E-state index in [1.54, 1.807) is 19.2 Å². The topological polar surface area (TPSA) is 60.7 Å². The van der Waals surface area contributed by atoms with Gasteiger partial charge in [0.05, 0.1) is 5.52 Å². The number of hydrogen-bond acceptors (Lipinski definition) is 4. The molecule has 1 aromatic heterocycles. The van der Waals surface area contributed by atoms with Gasteiger partial charge in [-0.15, -0.1) is 0 Å². The molecule has 0 amide bonds. The Bertz CT molecular complexity index is 603. The van der Waals surface area contributed by atoms with Crippen molar-refractivity contribution in [3.8, 4) is 11.5 Å². The van der Waals surface area contributed by atoms with E-state index in [-0.39, 0.29) is 12.5 Å². The van der Waals surface area contributed by atoms with E-state index in [0.29, 0.717) is 10.9 Å². The molecular weight excluding hydrogens is 222 g/mol. The number of aryl methyl sites for hydroxylation is 1. The van der Waals surface area contributed by atoms with Crippen molar-refractivity contribution in [2.75, 3.05) is 13.9 Å². The van der Waals surface area contributed by atoms with Crippen LogP contribution in [0.2, 0.25) is 0 Å². The summed E-state index contributed by atoms with van der Waals surface area (Å²) < 4.78 is 11.4. The van der Waals surface area contributed by atoms with Crippen LogP contribution in [0.25, 0.3) is 10.9 Å². The third-order valence-corrected chi connectivity index (χ3v) is 2.55. The largest absolute Gasteiger partial charge is 0.500 e. The second kappa shape index (κ2) is 4.47. The molecule has 0 saturated heterocycles. The maximum atomic E-state index is 11.8. The minimum atomic E-state index is -0.491. The Hall–Kier alpha value is -2.01. The third-order valence-electron chi connectivity index (χ3n) is 2.55. The van der Waals surface area contributed by atoms with Crippen LogP contribution in [0.15, 0.2) is 29.1 Å². The molecule has 2 aromatic rings. The van der Waals surface area contributed by atoms with Gasteiger partial charge in [0.2, 0.25) is 5.75 Å². The predicted octanol–water partition coefficient (Wildman–Crippen LogP) is 1.23. The van der Waals surface area contributed by atoms with E-state index in [1.807, 2.05) is 12.1 Å². The van der Waals surface area contributed by atoms with Crippen LogP contribution in [0.1, 0.15) is 0 Å². The molecule has 0 bridgehead atoms. The van der Waals surface area contributed by atoms with E-state index in [4.69, 9.17) is 9.47 Å². The Labute approximate surface area is 97.8 Å². The van der Waals surface area contributed by atoms with Gasteiger partial charge in [0.25, 0.3) is 5.56 Å². The first-order chi connectivity index (χ1) is 8.16. The van der Waals surface area contributed by atoms with Crippen LogP contribution in [-0.4, -0.2) is 23.6 Å². The number of methoxy groups -OCH3 is 1. The molecule has 0 fully saturated rings. The predicted molar refractivity (Wildman–Crippen MR) is 63.4 cm³/mol. The van der Waals surface area contributed by atoms with Crippen LogP contribution in [0.4, 0.5) is 0 Å². The number of ether oxygens (including phenoxy) is 2. The van der Waals surface area contributed by atoms with Crippen LogP contribution in [-0.2, 0) is 11.8 Å². The van der Waals surface area contributed by atoms with Gasteiger partial charge in [0.15, 0.2) is 12.5 Å². The van der Waals surface area contributed by atoms with Crippen molar-refractivity contribution in [2.45, 2.75) is 0 Å². The lowest BCUT2D eigenvalue weighted by Crippen LogP contribution is -2.18. The Morgan fingerprint density at radius 2 is 2.06 bits per heavy atom. The first-order valence-electron chi connectivity index (χ1n) is 5.09. The number of benzene rings is 1. The zero-order valence-electron chi connectivity index (χ0n) is 9.64. The Kier molecular flexibility index (Phi) is 3.01. The van der Waals surface area contributed by atoms with Crippen molar-refractivity contribution in [2.24, 2.45) is 7.05 Å². The number of nitrogens with zero attached hydrogens (tertiary/aromatic N) is 1. The van der Waals surface area contributed by atoms with Crippen molar-refractivity contribution in [1.82, 2.24) is 4.57 Å². The smallest absolute Gasteiger partial charge is 0.296 e. The fraction of sp³-hybridized carbons (Fsp3) is 0.250. The fourth-order valence-corrected chi connectivity index (χ4v) is 1.72. The van der Waals surface area contributed by atoms with Gasteiger partial charge in [-0.05, 0) is 12.1 Å². The molecule has 0 aliphatic carbocycles. The number of rotatable bonds is 3. The normalized spacial score (nSPS) is 10.7. The van der Waals surface area contributed by atoms with Crippen LogP contribution < -0.4 is 10.3 Å². The number of aromatic hydroxyl groups is 1. The molecule has 0 atom stereocenters. The van der Waals surface area contributed by atoms with Gasteiger partial charge in [-0.25, -0.2) is 0 Å². The van der Waals surface area contributed by atoms with Crippen LogP contribution >= 0.6 is 0 Å². The molecule has 2 rings (SSSR count). The highest BCUT2D eigenvalue weighted by Gasteiger charge is 2.15. The summed E-state index contributed by atoms with van der Waals surface area (Å²) in [6.07, 6.45) is 0. The molecule has 5 heteroatoms. The van der Waals surface area contributed by atoms with Crippen molar-refractivity contribution < 1.29 is 14.6 Å². The minimum Gasteiger partial charge on any atom is -0.500 e. The van der Waals surface area contributed by atoms with Crippen LogP contribution in [0.3, 0.4) is 0 Å². The van der Waals surface area contributed by atoms with E-state index in [9.17, 15) is 9.90 Å². The van der Waals surface area contributed by atoms with E-state index < -0.39 is 11.3 Å². The standard InChI is InChI=1S/C12H13NO4/c1-13-9-6-4-3-5-8(9)11(17-7-16-2)10(14)12(13)15/h3-6,14H,7H2,1-2H3. The van der Waals surface area contributed by atoms with Gasteiger partial charge in [0, 0.05) is 19.5 Å². The van der Waals surface area contributed by atoms with Crippen LogP contribution in [0.5, 0.6) is 11.5 Å². The van der Waals surface area contributed by atoms with E-state index in [0.717, 1.165) is 0 Å². The summed E-state index contributed by atoms with van der Waals surface area (Å²) in [5, 5.41) is 10.5. The number of fused-ring (bicyclic) bond motifs is 1. The first-order valence-corrected chi connectivity index (χ1v) is 5.09. The third kappa shape index (κ3) is 1.85. The number of para-hydroxylation sites is 1. The number of aromatic nitrogens is 1. The summed E-state index contributed by atoms with van der Waals surface area (Å²) in [7, 11) is 3.07. The quantitative estimate of drug-likeness (QED) is 0.813. The van der Waals surface area contributed by atoms with Crippen molar-refractivity contribution in [3.05, 3.63) is 34.6 Å². The molecule has 17 heavy (non-hydrogen) atoms. The molecule has 1 heterocycles. The van der Waals surface area contributed by atoms with Gasteiger partial charge in [-0.1, -0.05) is 12.1 Å². The summed E-state index contributed by atoms with van der Waals surface area (Å²) in [6.45, 7) is -0.0231. The Morgan fingerprint density at radius 1 is 1.35 bits per heavy atom. The summed E-state index contributed by atoms with van der Waals surface area (Å²) in [4.78, 5) is 11.8. The van der Waals surface area contributed by atoms with Gasteiger partial charge in [-0.2, -0.15) is 0 Å². The molecule has 0 saturated carbocycles. The second-order valence-corrected chi connectivity index (χ2v) is 3.61. The Balaban J connectivity index is 2.76. The van der Waals surface area contributed by atoms with E-state index >= 15 is 0 Å². The zero-order chi connectivity index (χ0) is 12.4. The fourth-order valence-electron chi connectivity index (χ4n) is 1.72. The SMILES string of the molecule is COCOc1c(O)c(=O)n(C)c2ccccc12. The van der Waals surface area contributed by atoms with Crippen molar-refractivity contribution in [1.29, 1.82) is 0 Å². The van der Waals surface area contributed by atoms with Crippen LogP contribution in [0, 0.1) is 0 Å². The van der Waals surface area contributed by atoms with Crippen molar-refractivity contribution in [3.63, 3.8) is 0 Å². The minimum absolute atomic E-state index is 0.0231. The van der Waals surface area contributed by atoms with E-state index in [2.05, 4.69) is 0 Å². The summed E-state index contributed by atoms with van der Waals surface area (Å²) in [6, 6.07) is 7.19. The lowest BCUT2D eigenvalue weighted by Gasteiger charge is -2.12.